The second-order valence-corrected chi connectivity index (χ2v) is 4.71. The van der Waals surface area contributed by atoms with E-state index >= 15 is 0 Å². The van der Waals surface area contributed by atoms with E-state index in [1.54, 1.807) is 29.4 Å². The number of furan rings is 1. The normalized spacial score (nSPS) is 10.4. The second-order valence-electron chi connectivity index (χ2n) is 4.71. The highest BCUT2D eigenvalue weighted by atomic mass is 16.3. The smallest absolute Gasteiger partial charge is 0.254 e. The van der Waals surface area contributed by atoms with Gasteiger partial charge >= 0.3 is 0 Å². The Bertz CT molecular complexity index is 549. The molecule has 0 aliphatic carbocycles. The summed E-state index contributed by atoms with van der Waals surface area (Å²) < 4.78 is 5.31. The highest BCUT2D eigenvalue weighted by Crippen LogP contribution is 2.15. The molecule has 0 atom stereocenters. The number of carbonyl (C=O) groups excluding carboxylic acids is 1. The topological polar surface area (TPSA) is 53.7 Å². The first kappa shape index (κ1) is 14.2. The highest BCUT2D eigenvalue weighted by Gasteiger charge is 2.17. The molecule has 4 nitrogen and oxygen atoms in total. The Balaban J connectivity index is 2.14. The number of unbranched alkanes of at least 4 members (excludes halogenated alkanes) is 1. The van der Waals surface area contributed by atoms with Crippen LogP contribution in [0.25, 0.3) is 0 Å². The minimum Gasteiger partial charge on any atom is -0.508 e. The van der Waals surface area contributed by atoms with E-state index in [0.717, 1.165) is 18.6 Å². The average molecular weight is 273 g/mol. The van der Waals surface area contributed by atoms with Crippen molar-refractivity contribution in [2.75, 3.05) is 6.54 Å². The summed E-state index contributed by atoms with van der Waals surface area (Å²) in [6, 6.07) is 10.1. The first-order chi connectivity index (χ1) is 9.70. The number of nitrogens with zero attached hydrogens (tertiary/aromatic N) is 1. The summed E-state index contributed by atoms with van der Waals surface area (Å²) >= 11 is 0. The number of benzene rings is 1. The summed E-state index contributed by atoms with van der Waals surface area (Å²) in [6.07, 6.45) is 3.55. The molecule has 0 fully saturated rings. The molecule has 2 rings (SSSR count). The van der Waals surface area contributed by atoms with Crippen LogP contribution < -0.4 is 0 Å². The molecule has 4 heteroatoms. The third kappa shape index (κ3) is 3.63. The zero-order valence-corrected chi connectivity index (χ0v) is 11.6. The lowest BCUT2D eigenvalue weighted by atomic mass is 10.1. The summed E-state index contributed by atoms with van der Waals surface area (Å²) in [6.45, 7) is 3.21. The number of carbonyl (C=O) groups is 1. The Kier molecular flexibility index (Phi) is 4.82. The van der Waals surface area contributed by atoms with Gasteiger partial charge in [-0.1, -0.05) is 19.4 Å². The van der Waals surface area contributed by atoms with E-state index in [0.29, 0.717) is 18.7 Å². The minimum absolute atomic E-state index is 0.0919. The van der Waals surface area contributed by atoms with Crippen LogP contribution in [-0.2, 0) is 6.54 Å². The maximum atomic E-state index is 12.5. The van der Waals surface area contributed by atoms with Crippen molar-refractivity contribution in [3.63, 3.8) is 0 Å². The standard InChI is InChI=1S/C16H19NO3/c1-2-3-9-17(12-15-8-5-10-20-15)16(19)13-6-4-7-14(18)11-13/h4-8,10-11,18H,2-3,9,12H2,1H3. The molecule has 2 aromatic rings. The molecule has 1 amide bonds. The number of amides is 1. The van der Waals surface area contributed by atoms with Crippen molar-refractivity contribution < 1.29 is 14.3 Å². The van der Waals surface area contributed by atoms with Crippen molar-refractivity contribution in [2.45, 2.75) is 26.3 Å². The van der Waals surface area contributed by atoms with Crippen LogP contribution in [0.4, 0.5) is 0 Å². The number of phenolic OH excluding ortho intramolecular Hbond substituents is 1. The van der Waals surface area contributed by atoms with E-state index in [4.69, 9.17) is 4.42 Å². The maximum Gasteiger partial charge on any atom is 0.254 e. The number of rotatable bonds is 6. The summed E-state index contributed by atoms with van der Waals surface area (Å²) in [5.41, 5.74) is 0.493. The third-order valence-corrected chi connectivity index (χ3v) is 3.09. The number of phenols is 1. The van der Waals surface area contributed by atoms with E-state index in [-0.39, 0.29) is 11.7 Å². The molecule has 0 saturated heterocycles. The van der Waals surface area contributed by atoms with Gasteiger partial charge in [0.05, 0.1) is 12.8 Å². The fraction of sp³-hybridized carbons (Fsp3) is 0.312. The lowest BCUT2D eigenvalue weighted by molar-refractivity contribution is 0.0728. The molecular formula is C16H19NO3. The van der Waals surface area contributed by atoms with Crippen molar-refractivity contribution in [1.29, 1.82) is 0 Å². The van der Waals surface area contributed by atoms with Gasteiger partial charge in [0.1, 0.15) is 11.5 Å². The first-order valence-electron chi connectivity index (χ1n) is 6.81. The summed E-state index contributed by atoms with van der Waals surface area (Å²) in [7, 11) is 0. The highest BCUT2D eigenvalue weighted by molar-refractivity contribution is 5.94. The van der Waals surface area contributed by atoms with Gasteiger partial charge in [0.2, 0.25) is 0 Å². The summed E-state index contributed by atoms with van der Waals surface area (Å²) in [4.78, 5) is 14.2. The van der Waals surface area contributed by atoms with Crippen molar-refractivity contribution in [3.8, 4) is 5.75 Å². The molecule has 1 heterocycles. The van der Waals surface area contributed by atoms with Gasteiger partial charge in [0.25, 0.3) is 5.91 Å². The fourth-order valence-electron chi connectivity index (χ4n) is 2.01. The molecule has 0 unspecified atom stereocenters. The van der Waals surface area contributed by atoms with Gasteiger partial charge in [-0.3, -0.25) is 4.79 Å². The van der Waals surface area contributed by atoms with Crippen LogP contribution in [-0.4, -0.2) is 22.5 Å². The quantitative estimate of drug-likeness (QED) is 0.877. The molecule has 0 bridgehead atoms. The van der Waals surface area contributed by atoms with Gasteiger partial charge in [-0.2, -0.15) is 0 Å². The van der Waals surface area contributed by atoms with Crippen LogP contribution in [0.2, 0.25) is 0 Å². The zero-order chi connectivity index (χ0) is 14.4. The second kappa shape index (κ2) is 6.80. The molecular weight excluding hydrogens is 254 g/mol. The molecule has 0 saturated carbocycles. The summed E-state index contributed by atoms with van der Waals surface area (Å²) in [5, 5.41) is 9.49. The van der Waals surface area contributed by atoms with Gasteiger partial charge in [0, 0.05) is 12.1 Å². The first-order valence-corrected chi connectivity index (χ1v) is 6.81. The van der Waals surface area contributed by atoms with E-state index in [2.05, 4.69) is 6.92 Å². The van der Waals surface area contributed by atoms with Crippen LogP contribution in [0.1, 0.15) is 35.9 Å². The van der Waals surface area contributed by atoms with Gasteiger partial charge < -0.3 is 14.4 Å². The third-order valence-electron chi connectivity index (χ3n) is 3.09. The molecule has 20 heavy (non-hydrogen) atoms. The van der Waals surface area contributed by atoms with Crippen molar-refractivity contribution >= 4 is 5.91 Å². The summed E-state index contributed by atoms with van der Waals surface area (Å²) in [5.74, 6) is 0.768. The van der Waals surface area contributed by atoms with Gasteiger partial charge in [0.15, 0.2) is 0 Å². The minimum atomic E-state index is -0.0919. The number of hydrogen-bond donors (Lipinski definition) is 1. The fourth-order valence-corrected chi connectivity index (χ4v) is 2.01. The number of hydrogen-bond acceptors (Lipinski definition) is 3. The largest absolute Gasteiger partial charge is 0.508 e. The SMILES string of the molecule is CCCCN(Cc1ccco1)C(=O)c1cccc(O)c1. The Morgan fingerprint density at radius 2 is 2.15 bits per heavy atom. The van der Waals surface area contributed by atoms with Crippen LogP contribution in [0, 0.1) is 0 Å². The van der Waals surface area contributed by atoms with Crippen LogP contribution >= 0.6 is 0 Å². The Hall–Kier alpha value is -2.23. The zero-order valence-electron chi connectivity index (χ0n) is 11.6. The molecule has 1 aromatic carbocycles. The van der Waals surface area contributed by atoms with Gasteiger partial charge in [-0.25, -0.2) is 0 Å². The predicted octanol–water partition coefficient (Wildman–Crippen LogP) is 3.43. The number of aromatic hydroxyl groups is 1. The molecule has 1 aromatic heterocycles. The molecule has 0 spiro atoms. The van der Waals surface area contributed by atoms with Crippen LogP contribution in [0.5, 0.6) is 5.75 Å². The van der Waals surface area contributed by atoms with E-state index < -0.39 is 0 Å². The van der Waals surface area contributed by atoms with Gasteiger partial charge in [-0.15, -0.1) is 0 Å². The molecule has 106 valence electrons. The van der Waals surface area contributed by atoms with E-state index in [1.807, 2.05) is 12.1 Å². The van der Waals surface area contributed by atoms with Crippen LogP contribution in [0.3, 0.4) is 0 Å². The molecule has 0 aliphatic heterocycles. The van der Waals surface area contributed by atoms with Crippen molar-refractivity contribution in [2.24, 2.45) is 0 Å². The van der Waals surface area contributed by atoms with Crippen molar-refractivity contribution in [3.05, 3.63) is 54.0 Å². The van der Waals surface area contributed by atoms with Gasteiger partial charge in [-0.05, 0) is 36.8 Å². The average Bonchev–Trinajstić information content (AvgIpc) is 2.95. The predicted molar refractivity (Wildman–Crippen MR) is 76.5 cm³/mol. The Labute approximate surface area is 118 Å². The molecule has 1 N–H and O–H groups in total. The van der Waals surface area contributed by atoms with Crippen molar-refractivity contribution in [1.82, 2.24) is 4.90 Å². The maximum absolute atomic E-state index is 12.5. The van der Waals surface area contributed by atoms with E-state index in [9.17, 15) is 9.90 Å². The monoisotopic (exact) mass is 273 g/mol. The lowest BCUT2D eigenvalue weighted by Gasteiger charge is -2.21. The van der Waals surface area contributed by atoms with E-state index in [1.165, 1.54) is 6.07 Å². The lowest BCUT2D eigenvalue weighted by Crippen LogP contribution is -2.31. The van der Waals surface area contributed by atoms with Crippen LogP contribution in [0.15, 0.2) is 47.1 Å². The Morgan fingerprint density at radius 3 is 2.80 bits per heavy atom. The Morgan fingerprint density at radius 1 is 1.30 bits per heavy atom. The molecule has 0 radical (unpaired) electrons. The molecule has 0 aliphatic rings.